The molecular formula is C18H17F2N7. The molecule has 0 bridgehead atoms. The van der Waals surface area contributed by atoms with Gasteiger partial charge in [0.15, 0.2) is 0 Å². The van der Waals surface area contributed by atoms with Gasteiger partial charge in [-0.2, -0.15) is 24.2 Å². The van der Waals surface area contributed by atoms with Crippen LogP contribution < -0.4 is 17.1 Å². The molecule has 0 spiro atoms. The third-order valence-electron chi connectivity index (χ3n) is 4.25. The SMILES string of the molecule is Cc1nn(Cc2cccc(C#N)c2)c2cc(C(F)(F)/C(=N/N)NN)ccc12. The standard InChI is InChI=1S/C18H17F2N7/c1-11-15-6-5-14(18(19,20)17(24-22)25-23)8-16(15)27(26-11)10-13-4-2-3-12(7-13)9-21/h2-8H,10,22-23H2,1H3,(H,24,25). The predicted octanol–water partition coefficient (Wildman–Crippen LogP) is 2.09. The first-order chi connectivity index (χ1) is 12.9. The van der Waals surface area contributed by atoms with Crippen LogP contribution in [0.2, 0.25) is 0 Å². The van der Waals surface area contributed by atoms with Gasteiger partial charge in [0.25, 0.3) is 0 Å². The number of nitrogens with zero attached hydrogens (tertiary/aromatic N) is 4. The van der Waals surface area contributed by atoms with Gasteiger partial charge in [-0.3, -0.25) is 4.68 Å². The molecule has 0 aliphatic rings. The third kappa shape index (κ3) is 3.30. The van der Waals surface area contributed by atoms with Gasteiger partial charge in [-0.25, -0.2) is 5.84 Å². The van der Waals surface area contributed by atoms with Crippen LogP contribution in [0.25, 0.3) is 10.9 Å². The smallest absolute Gasteiger partial charge is 0.321 e. The normalized spacial score (nSPS) is 12.2. The van der Waals surface area contributed by atoms with Crippen molar-refractivity contribution in [1.29, 1.82) is 5.26 Å². The minimum Gasteiger partial charge on any atom is -0.321 e. The highest BCUT2D eigenvalue weighted by molar-refractivity contribution is 5.91. The number of hydrogen-bond acceptors (Lipinski definition) is 5. The number of nitriles is 1. The number of alkyl halides is 2. The van der Waals surface area contributed by atoms with E-state index in [0.29, 0.717) is 23.3 Å². The first kappa shape index (κ1) is 18.3. The summed E-state index contributed by atoms with van der Waals surface area (Å²) in [7, 11) is 0. The van der Waals surface area contributed by atoms with E-state index in [-0.39, 0.29) is 5.56 Å². The summed E-state index contributed by atoms with van der Waals surface area (Å²) in [6, 6.07) is 13.3. The molecule has 0 radical (unpaired) electrons. The number of rotatable bonds is 4. The summed E-state index contributed by atoms with van der Waals surface area (Å²) >= 11 is 0. The highest BCUT2D eigenvalue weighted by atomic mass is 19.3. The van der Waals surface area contributed by atoms with Crippen molar-refractivity contribution in [3.63, 3.8) is 0 Å². The van der Waals surface area contributed by atoms with Gasteiger partial charge in [0.2, 0.25) is 5.84 Å². The average molecular weight is 369 g/mol. The van der Waals surface area contributed by atoms with Crippen LogP contribution in [0.1, 0.15) is 22.4 Å². The Balaban J connectivity index is 2.08. The fourth-order valence-corrected chi connectivity index (χ4v) is 2.91. The maximum atomic E-state index is 14.6. The lowest BCUT2D eigenvalue weighted by molar-refractivity contribution is 0.0714. The van der Waals surface area contributed by atoms with Crippen molar-refractivity contribution in [1.82, 2.24) is 15.2 Å². The van der Waals surface area contributed by atoms with Crippen LogP contribution in [-0.4, -0.2) is 15.6 Å². The molecule has 3 rings (SSSR count). The lowest BCUT2D eigenvalue weighted by Crippen LogP contribution is -2.43. The number of amidine groups is 1. The van der Waals surface area contributed by atoms with Gasteiger partial charge < -0.3 is 11.3 Å². The molecule has 2 aromatic carbocycles. The van der Waals surface area contributed by atoms with Crippen LogP contribution in [-0.2, 0) is 12.5 Å². The summed E-state index contributed by atoms with van der Waals surface area (Å²) < 4.78 is 30.8. The average Bonchev–Trinajstić information content (AvgIpc) is 2.98. The van der Waals surface area contributed by atoms with Gasteiger partial charge >= 0.3 is 5.92 Å². The number of halogens is 2. The maximum Gasteiger partial charge on any atom is 0.332 e. The molecular weight excluding hydrogens is 352 g/mol. The summed E-state index contributed by atoms with van der Waals surface area (Å²) in [6.07, 6.45) is 0. The van der Waals surface area contributed by atoms with E-state index in [4.69, 9.17) is 16.9 Å². The zero-order valence-electron chi connectivity index (χ0n) is 14.4. The topological polar surface area (TPSA) is 118 Å². The van der Waals surface area contributed by atoms with Crippen molar-refractivity contribution in [2.75, 3.05) is 0 Å². The van der Waals surface area contributed by atoms with E-state index in [9.17, 15) is 8.78 Å². The van der Waals surface area contributed by atoms with Crippen molar-refractivity contribution in [2.45, 2.75) is 19.4 Å². The van der Waals surface area contributed by atoms with Gasteiger partial charge in [-0.05, 0) is 30.7 Å². The lowest BCUT2D eigenvalue weighted by Gasteiger charge is -2.18. The molecule has 0 unspecified atom stereocenters. The molecule has 0 fully saturated rings. The van der Waals surface area contributed by atoms with Gasteiger partial charge in [0.1, 0.15) is 0 Å². The summed E-state index contributed by atoms with van der Waals surface area (Å²) in [6.45, 7) is 2.14. The van der Waals surface area contributed by atoms with Crippen molar-refractivity contribution < 1.29 is 8.78 Å². The number of benzene rings is 2. The van der Waals surface area contributed by atoms with Gasteiger partial charge in [-0.1, -0.05) is 24.3 Å². The van der Waals surface area contributed by atoms with Crippen LogP contribution >= 0.6 is 0 Å². The van der Waals surface area contributed by atoms with Crippen LogP contribution in [0.15, 0.2) is 47.6 Å². The van der Waals surface area contributed by atoms with Gasteiger partial charge in [0.05, 0.1) is 29.4 Å². The molecule has 0 amide bonds. The van der Waals surface area contributed by atoms with Gasteiger partial charge in [-0.15, -0.1) is 0 Å². The summed E-state index contributed by atoms with van der Waals surface area (Å²) in [5.74, 6) is 5.78. The Morgan fingerprint density at radius 3 is 2.78 bits per heavy atom. The van der Waals surface area contributed by atoms with Crippen molar-refractivity contribution >= 4 is 16.7 Å². The number of nitrogens with two attached hydrogens (primary N) is 2. The van der Waals surface area contributed by atoms with E-state index in [1.165, 1.54) is 12.1 Å². The van der Waals surface area contributed by atoms with Crippen molar-refractivity contribution in [3.8, 4) is 6.07 Å². The molecule has 0 saturated heterocycles. The zero-order valence-corrected chi connectivity index (χ0v) is 14.4. The molecule has 1 aromatic heterocycles. The van der Waals surface area contributed by atoms with Crippen LogP contribution in [0.5, 0.6) is 0 Å². The number of fused-ring (bicyclic) bond motifs is 1. The minimum atomic E-state index is -3.48. The molecule has 27 heavy (non-hydrogen) atoms. The fourth-order valence-electron chi connectivity index (χ4n) is 2.91. The Hall–Kier alpha value is -3.51. The van der Waals surface area contributed by atoms with Gasteiger partial charge in [0, 0.05) is 10.9 Å². The Bertz CT molecular complexity index is 1060. The molecule has 0 saturated carbocycles. The maximum absolute atomic E-state index is 14.6. The summed E-state index contributed by atoms with van der Waals surface area (Å²) in [4.78, 5) is 0. The quantitative estimate of drug-likeness (QED) is 0.282. The largest absolute Gasteiger partial charge is 0.332 e. The number of hydrogen-bond donors (Lipinski definition) is 3. The second kappa shape index (κ2) is 7.01. The van der Waals surface area contributed by atoms with E-state index in [1.807, 2.05) is 11.5 Å². The molecule has 0 aliphatic carbocycles. The Morgan fingerprint density at radius 1 is 1.33 bits per heavy atom. The molecule has 5 N–H and O–H groups in total. The van der Waals surface area contributed by atoms with Crippen LogP contribution in [0, 0.1) is 18.3 Å². The number of aryl methyl sites for hydroxylation is 1. The van der Waals surface area contributed by atoms with E-state index < -0.39 is 11.8 Å². The number of aromatic nitrogens is 2. The molecule has 9 heteroatoms. The predicted molar refractivity (Wildman–Crippen MR) is 97.6 cm³/mol. The second-order valence-electron chi connectivity index (χ2n) is 5.98. The molecule has 1 heterocycles. The first-order valence-corrected chi connectivity index (χ1v) is 8.00. The fraction of sp³-hybridized carbons (Fsp3) is 0.167. The highest BCUT2D eigenvalue weighted by Crippen LogP contribution is 2.32. The zero-order chi connectivity index (χ0) is 19.6. The van der Waals surface area contributed by atoms with Crippen LogP contribution in [0.4, 0.5) is 8.78 Å². The van der Waals surface area contributed by atoms with E-state index >= 15 is 0 Å². The second-order valence-corrected chi connectivity index (χ2v) is 5.98. The summed E-state index contributed by atoms with van der Waals surface area (Å²) in [5.41, 5.74) is 4.11. The molecule has 0 aliphatic heterocycles. The molecule has 0 atom stereocenters. The van der Waals surface area contributed by atoms with Crippen LogP contribution in [0.3, 0.4) is 0 Å². The lowest BCUT2D eigenvalue weighted by atomic mass is 10.0. The Labute approximate surface area is 153 Å². The number of hydrazine groups is 1. The Kier molecular flexibility index (Phi) is 4.75. The monoisotopic (exact) mass is 369 g/mol. The number of nitrogens with one attached hydrogen (secondary N) is 1. The third-order valence-corrected chi connectivity index (χ3v) is 4.25. The van der Waals surface area contributed by atoms with Crippen molar-refractivity contribution in [2.24, 2.45) is 16.8 Å². The molecule has 138 valence electrons. The van der Waals surface area contributed by atoms with Crippen molar-refractivity contribution in [3.05, 3.63) is 64.8 Å². The van der Waals surface area contributed by atoms with E-state index in [2.05, 4.69) is 16.3 Å². The highest BCUT2D eigenvalue weighted by Gasteiger charge is 2.39. The summed E-state index contributed by atoms with van der Waals surface area (Å²) in [5, 5.41) is 17.3. The Morgan fingerprint density at radius 2 is 2.11 bits per heavy atom. The minimum absolute atomic E-state index is 0.316. The van der Waals surface area contributed by atoms with E-state index in [0.717, 1.165) is 10.9 Å². The molecule has 7 nitrogen and oxygen atoms in total. The molecule has 3 aromatic rings. The number of hydrazone groups is 1. The first-order valence-electron chi connectivity index (χ1n) is 8.00. The van der Waals surface area contributed by atoms with E-state index in [1.54, 1.807) is 35.9 Å².